The van der Waals surface area contributed by atoms with Crippen LogP contribution in [0.2, 0.25) is 0 Å². The van der Waals surface area contributed by atoms with Crippen molar-refractivity contribution >= 4 is 6.72 Å². The molecule has 1 aliphatic heterocycles. The van der Waals surface area contributed by atoms with E-state index in [9.17, 15) is 0 Å². The number of hydrogen-bond donors (Lipinski definition) is 3. The summed E-state index contributed by atoms with van der Waals surface area (Å²) in [4.78, 5) is 3.78. The summed E-state index contributed by atoms with van der Waals surface area (Å²) in [5, 5.41) is 11.4. The fraction of sp³-hybridized carbons (Fsp3) is 0.750. The van der Waals surface area contributed by atoms with Gasteiger partial charge in [0.05, 0.1) is 12.3 Å². The lowest BCUT2D eigenvalue weighted by Crippen LogP contribution is -2.45. The third-order valence-corrected chi connectivity index (χ3v) is 2.53. The molecule has 94 valence electrons. The minimum atomic E-state index is -0.145. The fourth-order valence-corrected chi connectivity index (χ4v) is 1.40. The van der Waals surface area contributed by atoms with Crippen molar-refractivity contribution in [1.29, 1.82) is 0 Å². The number of rotatable bonds is 5. The van der Waals surface area contributed by atoms with Crippen molar-refractivity contribution in [3.05, 3.63) is 12.3 Å². The topological polar surface area (TPSA) is 70.6 Å². The molecule has 1 rings (SSSR count). The molecule has 0 aromatic carbocycles. The van der Waals surface area contributed by atoms with Crippen LogP contribution in [0.25, 0.3) is 0 Å². The quantitative estimate of drug-likeness (QED) is 0.494. The maximum atomic E-state index is 8.36. The molecule has 1 fully saturated rings. The first-order chi connectivity index (χ1) is 7.55. The molecule has 1 unspecified atom stereocenters. The number of aliphatic imine (C=N–C) groups is 1. The Morgan fingerprint density at radius 2 is 2.25 bits per heavy atom. The predicted octanol–water partition coefficient (Wildman–Crippen LogP) is 1.62. The van der Waals surface area contributed by atoms with Gasteiger partial charge in [-0.25, -0.2) is 0 Å². The van der Waals surface area contributed by atoms with Crippen molar-refractivity contribution in [3.8, 4) is 0 Å². The van der Waals surface area contributed by atoms with Crippen LogP contribution < -0.4 is 11.1 Å². The Labute approximate surface area is 98.6 Å². The number of nitrogens with two attached hydrogens (primary N) is 1. The number of aliphatic hydroxyl groups excluding tert-OH is 1. The highest BCUT2D eigenvalue weighted by Gasteiger charge is 2.14. The van der Waals surface area contributed by atoms with Gasteiger partial charge < -0.3 is 16.2 Å². The monoisotopic (exact) mass is 227 g/mol. The summed E-state index contributed by atoms with van der Waals surface area (Å²) in [6.07, 6.45) is 5.58. The first kappa shape index (κ1) is 15.1. The van der Waals surface area contributed by atoms with Crippen molar-refractivity contribution in [2.24, 2.45) is 10.7 Å². The molecular weight excluding hydrogens is 202 g/mol. The van der Waals surface area contributed by atoms with E-state index in [-0.39, 0.29) is 5.54 Å². The number of nitrogens with one attached hydrogen (secondary N) is 1. The molecule has 0 aromatic heterocycles. The molecule has 1 aliphatic rings. The molecule has 0 saturated carbocycles. The van der Waals surface area contributed by atoms with Gasteiger partial charge in [-0.05, 0) is 32.6 Å². The van der Waals surface area contributed by atoms with Gasteiger partial charge in [0.1, 0.15) is 0 Å². The molecule has 0 spiro atoms. The highest BCUT2D eigenvalue weighted by Crippen LogP contribution is 2.13. The van der Waals surface area contributed by atoms with Crippen molar-refractivity contribution in [2.45, 2.75) is 44.7 Å². The zero-order chi connectivity index (χ0) is 12.4. The van der Waals surface area contributed by atoms with Crippen molar-refractivity contribution in [2.75, 3.05) is 13.1 Å². The van der Waals surface area contributed by atoms with E-state index in [0.29, 0.717) is 6.04 Å². The third kappa shape index (κ3) is 7.43. The van der Waals surface area contributed by atoms with Crippen LogP contribution >= 0.6 is 0 Å². The van der Waals surface area contributed by atoms with Crippen molar-refractivity contribution in [1.82, 2.24) is 5.32 Å². The first-order valence-electron chi connectivity index (χ1n) is 5.80. The molecule has 4 heteroatoms. The summed E-state index contributed by atoms with van der Waals surface area (Å²) in [5.74, 6) is 0. The van der Waals surface area contributed by atoms with E-state index in [0.717, 1.165) is 38.6 Å². The van der Waals surface area contributed by atoms with Gasteiger partial charge >= 0.3 is 0 Å². The van der Waals surface area contributed by atoms with Gasteiger partial charge in [-0.2, -0.15) is 0 Å². The Kier molecular flexibility index (Phi) is 7.85. The Hall–Kier alpha value is -0.870. The van der Waals surface area contributed by atoms with E-state index in [2.05, 4.69) is 24.0 Å². The summed E-state index contributed by atoms with van der Waals surface area (Å²) in [6.45, 7) is 9.56. The zero-order valence-corrected chi connectivity index (χ0v) is 10.4. The molecule has 0 aromatic rings. The molecule has 1 saturated heterocycles. The second kappa shape index (κ2) is 8.30. The Bertz CT molecular complexity index is 210. The summed E-state index contributed by atoms with van der Waals surface area (Å²) >= 11 is 0. The van der Waals surface area contributed by atoms with Gasteiger partial charge in [-0.15, -0.1) is 0 Å². The number of nitrogens with zero attached hydrogens (tertiary/aromatic N) is 1. The van der Waals surface area contributed by atoms with E-state index < -0.39 is 0 Å². The summed E-state index contributed by atoms with van der Waals surface area (Å²) in [7, 11) is 0. The lowest BCUT2D eigenvalue weighted by atomic mass is 9.94. The maximum Gasteiger partial charge on any atom is 0.0752 e. The van der Waals surface area contributed by atoms with E-state index in [4.69, 9.17) is 10.8 Å². The first-order valence-corrected chi connectivity index (χ1v) is 5.80. The second-order valence-corrected chi connectivity index (χ2v) is 4.49. The lowest BCUT2D eigenvalue weighted by molar-refractivity contribution is 0.419. The van der Waals surface area contributed by atoms with Gasteiger partial charge in [0, 0.05) is 18.6 Å². The van der Waals surface area contributed by atoms with Crippen LogP contribution in [-0.4, -0.2) is 36.5 Å². The Morgan fingerprint density at radius 3 is 2.50 bits per heavy atom. The van der Waals surface area contributed by atoms with E-state index in [1.807, 2.05) is 6.92 Å². The molecule has 0 amide bonds. The maximum absolute atomic E-state index is 8.36. The van der Waals surface area contributed by atoms with Crippen LogP contribution in [0.1, 0.15) is 33.1 Å². The third-order valence-electron chi connectivity index (χ3n) is 2.53. The van der Waals surface area contributed by atoms with Gasteiger partial charge in [0.15, 0.2) is 0 Å². The average Bonchev–Trinajstić information content (AvgIpc) is 2.14. The second-order valence-electron chi connectivity index (χ2n) is 4.49. The van der Waals surface area contributed by atoms with E-state index in [1.54, 1.807) is 6.08 Å². The predicted molar refractivity (Wildman–Crippen MR) is 70.1 cm³/mol. The SMILES string of the molecule is C=NC1CNC1.CCCC(C)(N)C/C=C/O. The zero-order valence-electron chi connectivity index (χ0n) is 10.4. The standard InChI is InChI=1S/C8H17NO.C4H8N2/c1-3-5-8(2,9)6-4-7-10;1-5-4-2-6-3-4/h4,7,10H,3,5-6,9H2,1-2H3;4,6H,1-3H2/b7-4+;. The minimum Gasteiger partial charge on any atom is -0.516 e. The molecule has 1 heterocycles. The van der Waals surface area contributed by atoms with Crippen molar-refractivity contribution < 1.29 is 5.11 Å². The Morgan fingerprint density at radius 1 is 1.62 bits per heavy atom. The highest BCUT2D eigenvalue weighted by molar-refractivity contribution is 5.24. The average molecular weight is 227 g/mol. The van der Waals surface area contributed by atoms with Crippen LogP contribution in [0, 0.1) is 0 Å². The minimum absolute atomic E-state index is 0.145. The van der Waals surface area contributed by atoms with Crippen LogP contribution in [0.3, 0.4) is 0 Å². The molecule has 4 nitrogen and oxygen atoms in total. The van der Waals surface area contributed by atoms with E-state index in [1.165, 1.54) is 0 Å². The molecule has 1 atom stereocenters. The van der Waals surface area contributed by atoms with Gasteiger partial charge in [0.2, 0.25) is 0 Å². The molecule has 0 bridgehead atoms. The smallest absolute Gasteiger partial charge is 0.0752 e. The van der Waals surface area contributed by atoms with E-state index >= 15 is 0 Å². The Balaban J connectivity index is 0.000000315. The molecular formula is C12H25N3O. The number of aliphatic hydroxyl groups is 1. The van der Waals surface area contributed by atoms with Gasteiger partial charge in [-0.3, -0.25) is 4.99 Å². The largest absolute Gasteiger partial charge is 0.516 e. The van der Waals surface area contributed by atoms with Crippen LogP contribution in [0.15, 0.2) is 17.3 Å². The summed E-state index contributed by atoms with van der Waals surface area (Å²) < 4.78 is 0. The van der Waals surface area contributed by atoms with Crippen LogP contribution in [0.5, 0.6) is 0 Å². The molecule has 16 heavy (non-hydrogen) atoms. The molecule has 0 radical (unpaired) electrons. The van der Waals surface area contributed by atoms with Gasteiger partial charge in [-0.1, -0.05) is 13.3 Å². The summed E-state index contributed by atoms with van der Waals surface area (Å²) in [6, 6.07) is 0.519. The highest BCUT2D eigenvalue weighted by atomic mass is 16.2. The lowest BCUT2D eigenvalue weighted by Gasteiger charge is -2.21. The fourth-order valence-electron chi connectivity index (χ4n) is 1.40. The normalized spacial score (nSPS) is 19.4. The summed E-state index contributed by atoms with van der Waals surface area (Å²) in [5.41, 5.74) is 5.71. The van der Waals surface area contributed by atoms with Crippen LogP contribution in [0.4, 0.5) is 0 Å². The number of hydrogen-bond acceptors (Lipinski definition) is 4. The van der Waals surface area contributed by atoms with Crippen molar-refractivity contribution in [3.63, 3.8) is 0 Å². The molecule has 4 N–H and O–H groups in total. The molecule has 0 aliphatic carbocycles. The van der Waals surface area contributed by atoms with Gasteiger partial charge in [0.25, 0.3) is 0 Å². The van der Waals surface area contributed by atoms with Crippen LogP contribution in [-0.2, 0) is 0 Å².